The molecule has 2 aromatic rings. The molecule has 2 N–H and O–H groups in total. The highest BCUT2D eigenvalue weighted by Crippen LogP contribution is 2.45. The zero-order chi connectivity index (χ0) is 19.9. The molecule has 1 aromatic heterocycles. The molecule has 0 saturated heterocycles. The van der Waals surface area contributed by atoms with Gasteiger partial charge in [-0.05, 0) is 30.7 Å². The molecule has 142 valence electrons. The van der Waals surface area contributed by atoms with E-state index in [-0.39, 0.29) is 16.4 Å². The van der Waals surface area contributed by atoms with E-state index in [2.05, 4.69) is 4.98 Å². The molecule has 3 rings (SSSR count). The van der Waals surface area contributed by atoms with Gasteiger partial charge in [0.2, 0.25) is 0 Å². The van der Waals surface area contributed by atoms with Crippen LogP contribution in [0.15, 0.2) is 24.3 Å². The van der Waals surface area contributed by atoms with Crippen molar-refractivity contribution in [1.82, 2.24) is 4.98 Å². The van der Waals surface area contributed by atoms with Crippen molar-refractivity contribution in [3.8, 4) is 11.5 Å². The highest BCUT2D eigenvalue weighted by atomic mass is 35.5. The second kappa shape index (κ2) is 6.71. The summed E-state index contributed by atoms with van der Waals surface area (Å²) < 4.78 is 15.5. The second-order valence-electron chi connectivity index (χ2n) is 5.95. The zero-order valence-electron chi connectivity index (χ0n) is 14.6. The van der Waals surface area contributed by atoms with E-state index in [1.165, 1.54) is 26.4 Å². The van der Waals surface area contributed by atoms with Crippen molar-refractivity contribution in [2.45, 2.75) is 18.6 Å². The minimum Gasteiger partial charge on any atom is -0.496 e. The molecule has 1 aliphatic heterocycles. The number of cyclic esters (lactones) is 1. The summed E-state index contributed by atoms with van der Waals surface area (Å²) in [5, 5.41) is 20.4. The molecule has 27 heavy (non-hydrogen) atoms. The first kappa shape index (κ1) is 18.9. The maximum atomic E-state index is 12.2. The lowest BCUT2D eigenvalue weighted by Crippen LogP contribution is -2.52. The Bertz CT molecular complexity index is 920. The number of methoxy groups -OCH3 is 2. The summed E-state index contributed by atoms with van der Waals surface area (Å²) in [6, 6.07) is 5.93. The largest absolute Gasteiger partial charge is 0.496 e. The predicted octanol–water partition coefficient (Wildman–Crippen LogP) is 2.14. The van der Waals surface area contributed by atoms with Gasteiger partial charge in [-0.25, -0.2) is 14.6 Å². The fourth-order valence-corrected chi connectivity index (χ4v) is 3.30. The molecule has 0 amide bonds. The fraction of sp³-hybridized carbons (Fsp3) is 0.278. The summed E-state index contributed by atoms with van der Waals surface area (Å²) in [7, 11) is 2.90. The van der Waals surface area contributed by atoms with Gasteiger partial charge in [0.05, 0.1) is 20.1 Å². The first-order chi connectivity index (χ1) is 12.7. The monoisotopic (exact) mass is 393 g/mol. The summed E-state index contributed by atoms with van der Waals surface area (Å²) in [6.45, 7) is 1.76. The lowest BCUT2D eigenvalue weighted by molar-refractivity contribution is -0.211. The van der Waals surface area contributed by atoms with Crippen molar-refractivity contribution in [3.63, 3.8) is 0 Å². The first-order valence-corrected chi connectivity index (χ1v) is 8.18. The Hall–Kier alpha value is -2.84. The number of carboxylic acids is 1. The molecule has 9 heteroatoms. The number of ether oxygens (including phenoxy) is 3. The Balaban J connectivity index is 2.32. The lowest BCUT2D eigenvalue weighted by atomic mass is 9.81. The number of aliphatic hydroxyl groups is 1. The van der Waals surface area contributed by atoms with Gasteiger partial charge < -0.3 is 24.4 Å². The lowest BCUT2D eigenvalue weighted by Gasteiger charge is -2.36. The van der Waals surface area contributed by atoms with Gasteiger partial charge in [-0.1, -0.05) is 17.7 Å². The van der Waals surface area contributed by atoms with Gasteiger partial charge in [-0.3, -0.25) is 0 Å². The minimum atomic E-state index is -2.84. The number of benzene rings is 1. The summed E-state index contributed by atoms with van der Waals surface area (Å²) in [4.78, 5) is 28.0. The third-order valence-electron chi connectivity index (χ3n) is 4.45. The van der Waals surface area contributed by atoms with Gasteiger partial charge in [0.25, 0.3) is 0 Å². The molecule has 0 saturated carbocycles. The van der Waals surface area contributed by atoms with Crippen LogP contribution in [0.4, 0.5) is 0 Å². The normalized spacial score (nSPS) is 21.2. The van der Waals surface area contributed by atoms with Crippen molar-refractivity contribution in [3.05, 3.63) is 51.8 Å². The number of esters is 1. The second-order valence-corrected chi connectivity index (χ2v) is 6.33. The molecular formula is C18H16ClNO7. The Morgan fingerprint density at radius 1 is 1.26 bits per heavy atom. The number of pyridine rings is 1. The quantitative estimate of drug-likeness (QED) is 0.599. The van der Waals surface area contributed by atoms with Gasteiger partial charge in [-0.15, -0.1) is 0 Å². The predicted molar refractivity (Wildman–Crippen MR) is 93.4 cm³/mol. The summed E-state index contributed by atoms with van der Waals surface area (Å²) in [5.74, 6) is -6.10. The van der Waals surface area contributed by atoms with E-state index in [9.17, 15) is 19.8 Å². The van der Waals surface area contributed by atoms with Gasteiger partial charge in [0.15, 0.2) is 5.69 Å². The van der Waals surface area contributed by atoms with E-state index in [0.717, 1.165) is 0 Å². The topological polar surface area (TPSA) is 115 Å². The summed E-state index contributed by atoms with van der Waals surface area (Å²) >= 11 is 5.85. The molecule has 1 aliphatic rings. The van der Waals surface area contributed by atoms with Gasteiger partial charge >= 0.3 is 17.7 Å². The van der Waals surface area contributed by atoms with Crippen molar-refractivity contribution in [2.75, 3.05) is 14.2 Å². The number of aromatic nitrogens is 1. The van der Waals surface area contributed by atoms with Crippen LogP contribution in [-0.4, -0.2) is 47.1 Å². The van der Waals surface area contributed by atoms with Crippen molar-refractivity contribution in [2.24, 2.45) is 0 Å². The van der Waals surface area contributed by atoms with Crippen LogP contribution in [0.2, 0.25) is 5.15 Å². The third-order valence-corrected chi connectivity index (χ3v) is 4.66. The SMILES string of the molecule is COc1cc(C2c3ccc(Cl)nc3C(=O)OC2(O)C(=O)O)cc(OC)c1C. The molecule has 0 fully saturated rings. The number of nitrogens with zero attached hydrogens (tertiary/aromatic N) is 1. The zero-order valence-corrected chi connectivity index (χ0v) is 15.4. The van der Waals surface area contributed by atoms with Crippen LogP contribution >= 0.6 is 11.6 Å². The molecule has 2 atom stereocenters. The number of aliphatic carboxylic acids is 1. The van der Waals surface area contributed by atoms with Crippen LogP contribution in [0.1, 0.15) is 33.1 Å². The number of carboxylic acid groups (broad SMARTS) is 1. The van der Waals surface area contributed by atoms with E-state index < -0.39 is 23.6 Å². The molecule has 1 aromatic carbocycles. The van der Waals surface area contributed by atoms with E-state index >= 15 is 0 Å². The van der Waals surface area contributed by atoms with Crippen LogP contribution in [0.25, 0.3) is 0 Å². The van der Waals surface area contributed by atoms with Crippen molar-refractivity contribution >= 4 is 23.5 Å². The summed E-state index contributed by atoms with van der Waals surface area (Å²) in [5.41, 5.74) is 0.979. The van der Waals surface area contributed by atoms with E-state index in [1.807, 2.05) is 0 Å². The number of hydrogen-bond acceptors (Lipinski definition) is 7. The number of carbonyl (C=O) groups excluding carboxylic acids is 1. The molecule has 0 spiro atoms. The number of carbonyl (C=O) groups is 2. The number of rotatable bonds is 4. The Kier molecular flexibility index (Phi) is 4.71. The fourth-order valence-electron chi connectivity index (χ4n) is 3.15. The van der Waals surface area contributed by atoms with Crippen LogP contribution < -0.4 is 9.47 Å². The molecule has 0 bridgehead atoms. The first-order valence-electron chi connectivity index (χ1n) is 7.81. The molecule has 8 nitrogen and oxygen atoms in total. The van der Waals surface area contributed by atoms with Crippen LogP contribution in [0, 0.1) is 6.92 Å². The maximum absolute atomic E-state index is 12.2. The van der Waals surface area contributed by atoms with E-state index in [4.69, 9.17) is 25.8 Å². The van der Waals surface area contributed by atoms with Crippen molar-refractivity contribution in [1.29, 1.82) is 0 Å². The van der Waals surface area contributed by atoms with Crippen LogP contribution in [0.3, 0.4) is 0 Å². The maximum Gasteiger partial charge on any atom is 0.378 e. The third kappa shape index (κ3) is 2.96. The molecule has 0 aliphatic carbocycles. The van der Waals surface area contributed by atoms with Crippen LogP contribution in [0.5, 0.6) is 11.5 Å². The van der Waals surface area contributed by atoms with E-state index in [0.29, 0.717) is 22.6 Å². The molecule has 2 unspecified atom stereocenters. The number of halogens is 1. The summed E-state index contributed by atoms with van der Waals surface area (Å²) in [6.07, 6.45) is 0. The van der Waals surface area contributed by atoms with E-state index in [1.54, 1.807) is 19.1 Å². The Morgan fingerprint density at radius 2 is 1.85 bits per heavy atom. The Morgan fingerprint density at radius 3 is 2.37 bits per heavy atom. The van der Waals surface area contributed by atoms with Crippen LogP contribution in [-0.2, 0) is 9.53 Å². The molecular weight excluding hydrogens is 378 g/mol. The Labute approximate surface area is 159 Å². The number of hydrogen-bond donors (Lipinski definition) is 2. The van der Waals surface area contributed by atoms with Gasteiger partial charge in [-0.2, -0.15) is 0 Å². The van der Waals surface area contributed by atoms with Crippen molar-refractivity contribution < 1.29 is 34.0 Å². The standard InChI is InChI=1S/C18H16ClNO7/c1-8-11(25-2)6-9(7-12(8)26-3)14-10-4-5-13(19)20-15(10)16(21)27-18(14,24)17(22)23/h4-7,14,24H,1-3H3,(H,22,23). The average Bonchev–Trinajstić information content (AvgIpc) is 2.63. The number of fused-ring (bicyclic) bond motifs is 1. The van der Waals surface area contributed by atoms with Gasteiger partial charge in [0, 0.05) is 11.1 Å². The highest BCUT2D eigenvalue weighted by Gasteiger charge is 2.55. The average molecular weight is 394 g/mol. The smallest absolute Gasteiger partial charge is 0.378 e. The molecule has 2 heterocycles. The van der Waals surface area contributed by atoms with Gasteiger partial charge in [0.1, 0.15) is 16.7 Å². The highest BCUT2D eigenvalue weighted by molar-refractivity contribution is 6.29. The molecule has 0 radical (unpaired) electrons. The minimum absolute atomic E-state index is 0.0317.